The van der Waals surface area contributed by atoms with Crippen LogP contribution in [0.3, 0.4) is 0 Å². The maximum absolute atomic E-state index is 6.16. The van der Waals surface area contributed by atoms with Crippen LogP contribution < -0.4 is 5.73 Å². The molecule has 0 amide bonds. The predicted octanol–water partition coefficient (Wildman–Crippen LogP) is 2.53. The summed E-state index contributed by atoms with van der Waals surface area (Å²) in [6.07, 6.45) is 0.939. The van der Waals surface area contributed by atoms with Gasteiger partial charge >= 0.3 is 0 Å². The van der Waals surface area contributed by atoms with Crippen LogP contribution in [0, 0.1) is 5.92 Å². The van der Waals surface area contributed by atoms with Gasteiger partial charge in [0.2, 0.25) is 4.96 Å². The highest BCUT2D eigenvalue weighted by molar-refractivity contribution is 7.16. The molecule has 2 rings (SSSR count). The van der Waals surface area contributed by atoms with Gasteiger partial charge in [0.1, 0.15) is 5.01 Å². The quantitative estimate of drug-likeness (QED) is 0.927. The third-order valence-electron chi connectivity index (χ3n) is 2.72. The summed E-state index contributed by atoms with van der Waals surface area (Å²) in [5.41, 5.74) is 6.10. The van der Waals surface area contributed by atoms with Crippen molar-refractivity contribution in [1.29, 1.82) is 0 Å². The molecule has 0 aromatic carbocycles. The molecule has 2 N–H and O–H groups in total. The number of nitrogens with zero attached hydrogens (tertiary/aromatic N) is 4. The van der Waals surface area contributed by atoms with Gasteiger partial charge in [0.15, 0.2) is 5.82 Å². The lowest BCUT2D eigenvalue weighted by Crippen LogP contribution is -2.17. The molecule has 0 saturated heterocycles. The van der Waals surface area contributed by atoms with Crippen LogP contribution in [0.25, 0.3) is 4.96 Å². The van der Waals surface area contributed by atoms with Crippen LogP contribution in [0.2, 0.25) is 0 Å². The second kappa shape index (κ2) is 4.59. The van der Waals surface area contributed by atoms with E-state index in [-0.39, 0.29) is 11.5 Å². The molecule has 0 bridgehead atoms. The Morgan fingerprint density at radius 2 is 1.94 bits per heavy atom. The molecule has 6 heteroatoms. The first-order chi connectivity index (χ1) is 8.29. The number of hydrogen-bond acceptors (Lipinski definition) is 5. The summed E-state index contributed by atoms with van der Waals surface area (Å²) < 4.78 is 1.83. The van der Waals surface area contributed by atoms with Gasteiger partial charge in [0, 0.05) is 5.41 Å². The van der Waals surface area contributed by atoms with Crippen molar-refractivity contribution in [2.75, 3.05) is 0 Å². The van der Waals surface area contributed by atoms with E-state index in [0.717, 1.165) is 22.2 Å². The van der Waals surface area contributed by atoms with Gasteiger partial charge in [-0.05, 0) is 12.3 Å². The maximum atomic E-state index is 6.16. The van der Waals surface area contributed by atoms with E-state index in [1.54, 1.807) is 0 Å². The van der Waals surface area contributed by atoms with Crippen LogP contribution >= 0.6 is 11.3 Å². The summed E-state index contributed by atoms with van der Waals surface area (Å²) in [4.78, 5) is 0.828. The Morgan fingerprint density at radius 3 is 2.50 bits per heavy atom. The fraction of sp³-hybridized carbons (Fsp3) is 0.750. The molecular weight excluding hydrogens is 246 g/mol. The zero-order valence-electron chi connectivity index (χ0n) is 11.6. The van der Waals surface area contributed by atoms with Crippen molar-refractivity contribution in [3.63, 3.8) is 0 Å². The van der Waals surface area contributed by atoms with Crippen LogP contribution in [-0.2, 0) is 5.41 Å². The molecule has 0 saturated carbocycles. The normalized spacial score (nSPS) is 14.6. The first-order valence-electron chi connectivity index (χ1n) is 6.27. The lowest BCUT2D eigenvalue weighted by Gasteiger charge is -2.14. The van der Waals surface area contributed by atoms with E-state index in [4.69, 9.17) is 5.73 Å². The molecule has 0 spiro atoms. The molecular formula is C12H21N5S. The smallest absolute Gasteiger partial charge is 0.234 e. The van der Waals surface area contributed by atoms with E-state index in [0.29, 0.717) is 5.92 Å². The van der Waals surface area contributed by atoms with E-state index in [1.807, 2.05) is 4.52 Å². The number of fused-ring (bicyclic) bond motifs is 1. The second-order valence-electron chi connectivity index (χ2n) is 6.14. The molecule has 18 heavy (non-hydrogen) atoms. The number of hydrogen-bond donors (Lipinski definition) is 1. The second-order valence-corrected chi connectivity index (χ2v) is 7.13. The molecule has 1 atom stereocenters. The molecule has 1 unspecified atom stereocenters. The molecule has 0 aliphatic heterocycles. The average molecular weight is 267 g/mol. The minimum Gasteiger partial charge on any atom is -0.322 e. The van der Waals surface area contributed by atoms with Gasteiger partial charge in [-0.1, -0.05) is 46.0 Å². The summed E-state index contributed by atoms with van der Waals surface area (Å²) in [6, 6.07) is -0.00971. The van der Waals surface area contributed by atoms with Gasteiger partial charge in [0.05, 0.1) is 6.04 Å². The number of nitrogens with two attached hydrogens (primary N) is 1. The summed E-state index contributed by atoms with van der Waals surface area (Å²) >= 11 is 1.54. The Morgan fingerprint density at radius 1 is 1.28 bits per heavy atom. The van der Waals surface area contributed by atoms with E-state index in [1.165, 1.54) is 11.3 Å². The topological polar surface area (TPSA) is 69.1 Å². The zero-order chi connectivity index (χ0) is 13.5. The summed E-state index contributed by atoms with van der Waals surface area (Å²) in [5, 5.41) is 13.9. The first-order valence-corrected chi connectivity index (χ1v) is 7.09. The van der Waals surface area contributed by atoms with Crippen LogP contribution in [0.15, 0.2) is 0 Å². The highest BCUT2D eigenvalue weighted by Crippen LogP contribution is 2.27. The Hall–Kier alpha value is -1.01. The molecule has 2 heterocycles. The fourth-order valence-electron chi connectivity index (χ4n) is 1.86. The van der Waals surface area contributed by atoms with Gasteiger partial charge in [-0.2, -0.15) is 9.61 Å². The zero-order valence-corrected chi connectivity index (χ0v) is 12.5. The third-order valence-corrected chi connectivity index (χ3v) is 3.75. The van der Waals surface area contributed by atoms with Gasteiger partial charge < -0.3 is 5.73 Å². The van der Waals surface area contributed by atoms with E-state index in [2.05, 4.69) is 49.9 Å². The fourth-order valence-corrected chi connectivity index (χ4v) is 2.71. The number of rotatable bonds is 3. The van der Waals surface area contributed by atoms with Crippen LogP contribution in [-0.4, -0.2) is 19.8 Å². The minimum absolute atomic E-state index is 0.00971. The molecule has 0 radical (unpaired) electrons. The van der Waals surface area contributed by atoms with Crippen molar-refractivity contribution < 1.29 is 0 Å². The lowest BCUT2D eigenvalue weighted by atomic mass is 9.96. The van der Waals surface area contributed by atoms with E-state index >= 15 is 0 Å². The molecule has 100 valence electrons. The predicted molar refractivity (Wildman–Crippen MR) is 73.7 cm³/mol. The monoisotopic (exact) mass is 267 g/mol. The Bertz CT molecular complexity index is 534. The van der Waals surface area contributed by atoms with E-state index in [9.17, 15) is 0 Å². The Labute approximate surface area is 111 Å². The SMILES string of the molecule is CC(C)CC(N)c1nn2c(C(C)(C)C)nnc2s1. The Kier molecular flexibility index (Phi) is 3.42. The number of aromatic nitrogens is 4. The van der Waals surface area contributed by atoms with Crippen LogP contribution in [0.5, 0.6) is 0 Å². The summed E-state index contributed by atoms with van der Waals surface area (Å²) in [6.45, 7) is 10.7. The van der Waals surface area contributed by atoms with Gasteiger partial charge in [-0.15, -0.1) is 10.2 Å². The molecule has 0 fully saturated rings. The van der Waals surface area contributed by atoms with Crippen molar-refractivity contribution in [1.82, 2.24) is 19.8 Å². The van der Waals surface area contributed by atoms with Crippen molar-refractivity contribution in [2.24, 2.45) is 11.7 Å². The highest BCUT2D eigenvalue weighted by atomic mass is 32.1. The van der Waals surface area contributed by atoms with Crippen molar-refractivity contribution in [2.45, 2.75) is 52.5 Å². The molecule has 0 aliphatic rings. The van der Waals surface area contributed by atoms with Crippen molar-refractivity contribution in [3.8, 4) is 0 Å². The Balaban J connectivity index is 2.36. The maximum Gasteiger partial charge on any atom is 0.234 e. The van der Waals surface area contributed by atoms with Crippen LogP contribution in [0.4, 0.5) is 0 Å². The molecule has 2 aromatic heterocycles. The van der Waals surface area contributed by atoms with Crippen LogP contribution in [0.1, 0.15) is 57.9 Å². The largest absolute Gasteiger partial charge is 0.322 e. The lowest BCUT2D eigenvalue weighted by molar-refractivity contribution is 0.496. The third kappa shape index (κ3) is 2.54. The average Bonchev–Trinajstić information content (AvgIpc) is 2.71. The van der Waals surface area contributed by atoms with Gasteiger partial charge in [0.25, 0.3) is 0 Å². The highest BCUT2D eigenvalue weighted by Gasteiger charge is 2.24. The minimum atomic E-state index is -0.0626. The van der Waals surface area contributed by atoms with Gasteiger partial charge in [-0.3, -0.25) is 0 Å². The van der Waals surface area contributed by atoms with Crippen molar-refractivity contribution in [3.05, 3.63) is 10.8 Å². The molecule has 5 nitrogen and oxygen atoms in total. The van der Waals surface area contributed by atoms with E-state index < -0.39 is 0 Å². The standard InChI is InChI=1S/C12H21N5S/c1-7(2)6-8(13)9-16-17-10(12(3,4)5)14-15-11(17)18-9/h7-8H,6,13H2,1-5H3. The summed E-state index contributed by atoms with van der Waals surface area (Å²) in [7, 11) is 0. The first kappa shape index (κ1) is 13.4. The van der Waals surface area contributed by atoms with Crippen molar-refractivity contribution >= 4 is 16.3 Å². The molecule has 0 aliphatic carbocycles. The molecule has 2 aromatic rings. The summed E-state index contributed by atoms with van der Waals surface area (Å²) in [5.74, 6) is 1.45. The van der Waals surface area contributed by atoms with Gasteiger partial charge in [-0.25, -0.2) is 0 Å².